The number of hydrogen-bond donors (Lipinski definition) is 3. The van der Waals surface area contributed by atoms with E-state index in [1.807, 2.05) is 92.8 Å². The van der Waals surface area contributed by atoms with Gasteiger partial charge in [0.05, 0.1) is 24.9 Å². The lowest BCUT2D eigenvalue weighted by Gasteiger charge is -2.39. The van der Waals surface area contributed by atoms with Gasteiger partial charge >= 0.3 is 0 Å². The molecular formula is C30H36N2O5. The maximum atomic E-state index is 11.4. The minimum atomic E-state index is -0.620. The van der Waals surface area contributed by atoms with Gasteiger partial charge in [0.1, 0.15) is 0 Å². The lowest BCUT2D eigenvalue weighted by molar-refractivity contribution is -0.253. The molecule has 1 aliphatic heterocycles. The first-order chi connectivity index (χ1) is 17.8. The number of ether oxygens (including phenoxy) is 2. The van der Waals surface area contributed by atoms with Crippen molar-refractivity contribution in [1.82, 2.24) is 4.90 Å². The minimum absolute atomic E-state index is 0.00671. The number of nitrogens with one attached hydrogen (secondary N) is 1. The van der Waals surface area contributed by atoms with Gasteiger partial charge in [0.2, 0.25) is 5.91 Å². The first-order valence-electron chi connectivity index (χ1n) is 12.7. The SMILES string of the molecule is CC(=O)Nc1ccc([C@H]2O[C@@H](CN(C)[C@H](C)[C@@H](O)c3ccccc3)C[C@@H](c3ccc(CO)cc3)O2)cc1. The number of benzene rings is 3. The van der Waals surface area contributed by atoms with Crippen LogP contribution in [0.3, 0.4) is 0 Å². The molecule has 37 heavy (non-hydrogen) atoms. The third-order valence-corrected chi connectivity index (χ3v) is 6.90. The molecule has 0 radical (unpaired) electrons. The Morgan fingerprint density at radius 1 is 1.00 bits per heavy atom. The topological polar surface area (TPSA) is 91.3 Å². The van der Waals surface area contributed by atoms with Crippen LogP contribution in [0.15, 0.2) is 78.9 Å². The van der Waals surface area contributed by atoms with Crippen LogP contribution >= 0.6 is 0 Å². The number of aliphatic hydroxyl groups is 2. The maximum Gasteiger partial charge on any atom is 0.221 e. The second-order valence-electron chi connectivity index (χ2n) is 9.69. The molecule has 1 heterocycles. The Bertz CT molecular complexity index is 1140. The van der Waals surface area contributed by atoms with Crippen LogP contribution in [0, 0.1) is 0 Å². The smallest absolute Gasteiger partial charge is 0.221 e. The van der Waals surface area contributed by atoms with Crippen molar-refractivity contribution < 1.29 is 24.5 Å². The summed E-state index contributed by atoms with van der Waals surface area (Å²) in [6.07, 6.45) is -0.904. The Kier molecular flexibility index (Phi) is 9.08. The van der Waals surface area contributed by atoms with Crippen molar-refractivity contribution in [2.45, 2.75) is 57.5 Å². The van der Waals surface area contributed by atoms with Crippen LogP contribution in [0.2, 0.25) is 0 Å². The van der Waals surface area contributed by atoms with Crippen molar-refractivity contribution >= 4 is 11.6 Å². The molecule has 1 saturated heterocycles. The van der Waals surface area contributed by atoms with Crippen LogP contribution in [0.5, 0.6) is 0 Å². The van der Waals surface area contributed by atoms with Crippen LogP contribution in [0.1, 0.15) is 61.0 Å². The van der Waals surface area contributed by atoms with Gasteiger partial charge in [-0.15, -0.1) is 0 Å². The Morgan fingerprint density at radius 3 is 2.27 bits per heavy atom. The Hall–Kier alpha value is -3.07. The third kappa shape index (κ3) is 7.03. The molecule has 0 saturated carbocycles. The van der Waals surface area contributed by atoms with Gasteiger partial charge in [-0.2, -0.15) is 0 Å². The second kappa shape index (κ2) is 12.4. The van der Waals surface area contributed by atoms with E-state index in [2.05, 4.69) is 10.2 Å². The summed E-state index contributed by atoms with van der Waals surface area (Å²) in [5.41, 5.74) is 4.32. The van der Waals surface area contributed by atoms with Crippen molar-refractivity contribution in [2.24, 2.45) is 0 Å². The highest BCUT2D eigenvalue weighted by Gasteiger charge is 2.34. The zero-order chi connectivity index (χ0) is 26.4. The van der Waals surface area contributed by atoms with Crippen LogP contribution in [0.25, 0.3) is 0 Å². The third-order valence-electron chi connectivity index (χ3n) is 6.90. The van der Waals surface area contributed by atoms with Gasteiger partial charge in [0, 0.05) is 37.2 Å². The van der Waals surface area contributed by atoms with Crippen molar-refractivity contribution in [3.05, 3.63) is 101 Å². The summed E-state index contributed by atoms with van der Waals surface area (Å²) in [4.78, 5) is 13.5. The van der Waals surface area contributed by atoms with Crippen LogP contribution in [-0.4, -0.2) is 46.8 Å². The van der Waals surface area contributed by atoms with E-state index in [0.717, 1.165) is 22.3 Å². The van der Waals surface area contributed by atoms with E-state index in [9.17, 15) is 15.0 Å². The van der Waals surface area contributed by atoms with E-state index >= 15 is 0 Å². The summed E-state index contributed by atoms with van der Waals surface area (Å²) < 4.78 is 12.8. The van der Waals surface area contributed by atoms with Crippen molar-refractivity contribution in [3.63, 3.8) is 0 Å². The number of likely N-dealkylation sites (N-methyl/N-ethyl adjacent to an activating group) is 1. The van der Waals surface area contributed by atoms with E-state index < -0.39 is 12.4 Å². The molecule has 3 aromatic rings. The number of carbonyl (C=O) groups is 1. The van der Waals surface area contributed by atoms with E-state index in [0.29, 0.717) is 18.7 Å². The molecule has 196 valence electrons. The van der Waals surface area contributed by atoms with Crippen molar-refractivity contribution in [1.29, 1.82) is 0 Å². The van der Waals surface area contributed by atoms with Crippen LogP contribution in [-0.2, 0) is 20.9 Å². The normalized spacial score (nSPS) is 21.4. The quantitative estimate of drug-likeness (QED) is 0.390. The molecule has 0 aliphatic carbocycles. The summed E-state index contributed by atoms with van der Waals surface area (Å²) in [7, 11) is 2.00. The Balaban J connectivity index is 1.52. The highest BCUT2D eigenvalue weighted by atomic mass is 16.7. The van der Waals surface area contributed by atoms with Gasteiger partial charge in [0.15, 0.2) is 6.29 Å². The standard InChI is InChI=1S/C30H36N2O5/c1-20(29(35)24-7-5-4-6-8-24)32(3)18-27-17-28(23-11-9-22(19-33)10-12-23)37-30(36-27)25-13-15-26(16-14-25)31-21(2)34/h4-16,20,27-30,33,35H,17-19H2,1-3H3,(H,31,34)/t20-,27-,28+,29-,30+/m1/s1. The average Bonchev–Trinajstić information content (AvgIpc) is 2.92. The van der Waals surface area contributed by atoms with Gasteiger partial charge < -0.3 is 25.0 Å². The molecule has 4 rings (SSSR count). The van der Waals surface area contributed by atoms with Crippen molar-refractivity contribution in [3.8, 4) is 0 Å². The molecule has 0 bridgehead atoms. The van der Waals surface area contributed by atoms with Gasteiger partial charge in [-0.25, -0.2) is 0 Å². The fourth-order valence-electron chi connectivity index (χ4n) is 4.62. The molecule has 1 amide bonds. The first kappa shape index (κ1) is 27.0. The van der Waals surface area contributed by atoms with Crippen LogP contribution in [0.4, 0.5) is 5.69 Å². The molecule has 1 aliphatic rings. The largest absolute Gasteiger partial charge is 0.392 e. The lowest BCUT2D eigenvalue weighted by Crippen LogP contribution is -2.43. The fourth-order valence-corrected chi connectivity index (χ4v) is 4.62. The lowest BCUT2D eigenvalue weighted by atomic mass is 9.98. The molecule has 0 aromatic heterocycles. The molecule has 3 N–H and O–H groups in total. The zero-order valence-corrected chi connectivity index (χ0v) is 21.6. The molecule has 5 atom stereocenters. The van der Waals surface area contributed by atoms with Gasteiger partial charge in [-0.3, -0.25) is 9.69 Å². The summed E-state index contributed by atoms with van der Waals surface area (Å²) in [5.74, 6) is -0.126. The number of amides is 1. The summed E-state index contributed by atoms with van der Waals surface area (Å²) in [6, 6.07) is 24.8. The molecule has 7 heteroatoms. The first-order valence-corrected chi connectivity index (χ1v) is 12.7. The predicted molar refractivity (Wildman–Crippen MR) is 143 cm³/mol. The van der Waals surface area contributed by atoms with Crippen molar-refractivity contribution in [2.75, 3.05) is 18.9 Å². The second-order valence-corrected chi connectivity index (χ2v) is 9.69. The number of hydrogen-bond acceptors (Lipinski definition) is 6. The number of rotatable bonds is 9. The Labute approximate surface area is 218 Å². The summed E-state index contributed by atoms with van der Waals surface area (Å²) >= 11 is 0. The highest BCUT2D eigenvalue weighted by Crippen LogP contribution is 2.38. The molecule has 0 unspecified atom stereocenters. The van der Waals surface area contributed by atoms with Gasteiger partial charge in [-0.05, 0) is 42.8 Å². The molecular weight excluding hydrogens is 468 g/mol. The number of aliphatic hydroxyl groups excluding tert-OH is 2. The van der Waals surface area contributed by atoms with E-state index in [1.165, 1.54) is 6.92 Å². The molecule has 1 fully saturated rings. The van der Waals surface area contributed by atoms with E-state index in [-0.39, 0.29) is 30.8 Å². The number of nitrogens with zero attached hydrogens (tertiary/aromatic N) is 1. The van der Waals surface area contributed by atoms with Crippen LogP contribution < -0.4 is 5.32 Å². The molecule has 7 nitrogen and oxygen atoms in total. The maximum absolute atomic E-state index is 11.4. The van der Waals surface area contributed by atoms with Gasteiger partial charge in [-0.1, -0.05) is 66.7 Å². The zero-order valence-electron chi connectivity index (χ0n) is 21.6. The molecule has 3 aromatic carbocycles. The fraction of sp³-hybridized carbons (Fsp3) is 0.367. The van der Waals surface area contributed by atoms with E-state index in [4.69, 9.17) is 9.47 Å². The minimum Gasteiger partial charge on any atom is -0.392 e. The monoisotopic (exact) mass is 504 g/mol. The van der Waals surface area contributed by atoms with E-state index in [1.54, 1.807) is 0 Å². The number of anilines is 1. The van der Waals surface area contributed by atoms with Gasteiger partial charge in [0.25, 0.3) is 0 Å². The average molecular weight is 505 g/mol. The number of carbonyl (C=O) groups excluding carboxylic acids is 1. The summed E-state index contributed by atoms with van der Waals surface area (Å²) in [5, 5.41) is 23.1. The highest BCUT2D eigenvalue weighted by molar-refractivity contribution is 5.88. The summed E-state index contributed by atoms with van der Waals surface area (Å²) in [6.45, 7) is 4.10. The predicted octanol–water partition coefficient (Wildman–Crippen LogP) is 4.74. The molecule has 0 spiro atoms. The Morgan fingerprint density at radius 2 is 1.65 bits per heavy atom.